The lowest BCUT2D eigenvalue weighted by molar-refractivity contribution is 0.0947. The number of nitrogens with zero attached hydrogens (tertiary/aromatic N) is 2. The molecule has 0 radical (unpaired) electrons. The van der Waals surface area contributed by atoms with E-state index in [1.807, 2.05) is 50.2 Å². The molecule has 0 spiro atoms. The first-order chi connectivity index (χ1) is 14.5. The molecule has 0 aliphatic carbocycles. The van der Waals surface area contributed by atoms with Gasteiger partial charge in [-0.2, -0.15) is 10.2 Å². The summed E-state index contributed by atoms with van der Waals surface area (Å²) in [6, 6.07) is 25.4. The van der Waals surface area contributed by atoms with Crippen molar-refractivity contribution in [2.75, 3.05) is 0 Å². The maximum absolute atomic E-state index is 12.1. The van der Waals surface area contributed by atoms with Crippen LogP contribution < -0.4 is 10.9 Å². The standard InChI is InChI=1S/C24H22N4O2/c1-17(25-27-23(29)21-9-5-3-6-10-21)19-13-15-20(16-14-19)18(2)26-28-24(30)22-11-7-4-8-12-22/h3-16H,1-2H3,(H,27,29)(H,28,30)/b25-17+,26-18+. The third kappa shape index (κ3) is 5.48. The molecule has 0 aliphatic heterocycles. The number of hydrogen-bond donors (Lipinski definition) is 2. The molecule has 0 fully saturated rings. The van der Waals surface area contributed by atoms with E-state index >= 15 is 0 Å². The first-order valence-corrected chi connectivity index (χ1v) is 9.45. The first-order valence-electron chi connectivity index (χ1n) is 9.45. The molecular formula is C24H22N4O2. The first kappa shape index (κ1) is 20.7. The van der Waals surface area contributed by atoms with Crippen LogP contribution in [0.3, 0.4) is 0 Å². The van der Waals surface area contributed by atoms with E-state index in [9.17, 15) is 9.59 Å². The molecule has 0 unspecified atom stereocenters. The Kier molecular flexibility index (Phi) is 6.84. The zero-order valence-electron chi connectivity index (χ0n) is 16.8. The van der Waals surface area contributed by atoms with E-state index in [0.29, 0.717) is 22.6 Å². The Morgan fingerprint density at radius 1 is 0.533 bits per heavy atom. The summed E-state index contributed by atoms with van der Waals surface area (Å²) >= 11 is 0. The summed E-state index contributed by atoms with van der Waals surface area (Å²) in [6.07, 6.45) is 0. The molecule has 0 heterocycles. The largest absolute Gasteiger partial charge is 0.271 e. The van der Waals surface area contributed by atoms with Crippen LogP contribution in [0.4, 0.5) is 0 Å². The van der Waals surface area contributed by atoms with Gasteiger partial charge in [0.05, 0.1) is 11.4 Å². The van der Waals surface area contributed by atoms with Crippen LogP contribution in [0.5, 0.6) is 0 Å². The van der Waals surface area contributed by atoms with Gasteiger partial charge in [0.1, 0.15) is 0 Å². The lowest BCUT2D eigenvalue weighted by Gasteiger charge is -2.06. The monoisotopic (exact) mass is 398 g/mol. The van der Waals surface area contributed by atoms with Crippen molar-refractivity contribution in [3.63, 3.8) is 0 Å². The number of carbonyl (C=O) groups excluding carboxylic acids is 2. The van der Waals surface area contributed by atoms with Crippen LogP contribution in [0.15, 0.2) is 95.1 Å². The fourth-order valence-electron chi connectivity index (χ4n) is 2.66. The molecule has 3 rings (SSSR count). The molecule has 0 saturated heterocycles. The predicted molar refractivity (Wildman–Crippen MR) is 119 cm³/mol. The number of nitrogens with one attached hydrogen (secondary N) is 2. The SMILES string of the molecule is C/C(=N\NC(=O)c1ccccc1)c1ccc(/C(C)=N/NC(=O)c2ccccc2)cc1. The molecule has 0 atom stereocenters. The molecule has 0 aliphatic rings. The average molecular weight is 398 g/mol. The fourth-order valence-corrected chi connectivity index (χ4v) is 2.66. The van der Waals surface area contributed by atoms with E-state index in [1.165, 1.54) is 0 Å². The van der Waals surface area contributed by atoms with Crippen LogP contribution in [-0.4, -0.2) is 23.2 Å². The topological polar surface area (TPSA) is 82.9 Å². The second-order valence-electron chi connectivity index (χ2n) is 6.59. The number of hydrazone groups is 2. The molecule has 150 valence electrons. The summed E-state index contributed by atoms with van der Waals surface area (Å²) in [6.45, 7) is 3.64. The molecule has 30 heavy (non-hydrogen) atoms. The Bertz CT molecular complexity index is 985. The number of benzene rings is 3. The molecule has 0 aromatic heterocycles. The number of hydrogen-bond acceptors (Lipinski definition) is 4. The molecule has 6 heteroatoms. The van der Waals surface area contributed by atoms with Crippen LogP contribution in [0.25, 0.3) is 0 Å². The van der Waals surface area contributed by atoms with E-state index in [2.05, 4.69) is 21.1 Å². The van der Waals surface area contributed by atoms with Crippen LogP contribution in [0.2, 0.25) is 0 Å². The van der Waals surface area contributed by atoms with Gasteiger partial charge in [0.2, 0.25) is 0 Å². The Labute approximate surface area is 175 Å². The van der Waals surface area contributed by atoms with Gasteiger partial charge in [0, 0.05) is 11.1 Å². The molecule has 2 N–H and O–H groups in total. The lowest BCUT2D eigenvalue weighted by atomic mass is 10.1. The van der Waals surface area contributed by atoms with Crippen molar-refractivity contribution in [1.29, 1.82) is 0 Å². The van der Waals surface area contributed by atoms with Gasteiger partial charge in [-0.15, -0.1) is 0 Å². The van der Waals surface area contributed by atoms with Gasteiger partial charge in [-0.3, -0.25) is 9.59 Å². The van der Waals surface area contributed by atoms with E-state index in [1.54, 1.807) is 48.5 Å². The van der Waals surface area contributed by atoms with Gasteiger partial charge in [-0.25, -0.2) is 10.9 Å². The Hall–Kier alpha value is -4.06. The van der Waals surface area contributed by atoms with Crippen molar-refractivity contribution >= 4 is 23.2 Å². The van der Waals surface area contributed by atoms with Crippen molar-refractivity contribution < 1.29 is 9.59 Å². The van der Waals surface area contributed by atoms with Crippen LogP contribution in [0.1, 0.15) is 45.7 Å². The van der Waals surface area contributed by atoms with Crippen molar-refractivity contribution in [1.82, 2.24) is 10.9 Å². The smallest absolute Gasteiger partial charge is 0.267 e. The highest BCUT2D eigenvalue weighted by Crippen LogP contribution is 2.08. The number of rotatable bonds is 6. The maximum atomic E-state index is 12.1. The second-order valence-corrected chi connectivity index (χ2v) is 6.59. The summed E-state index contributed by atoms with van der Waals surface area (Å²) in [5, 5.41) is 8.34. The molecule has 0 saturated carbocycles. The summed E-state index contributed by atoms with van der Waals surface area (Å²) in [7, 11) is 0. The lowest BCUT2D eigenvalue weighted by Crippen LogP contribution is -2.19. The maximum Gasteiger partial charge on any atom is 0.271 e. The molecule has 6 nitrogen and oxygen atoms in total. The third-order valence-electron chi connectivity index (χ3n) is 4.44. The molecule has 3 aromatic rings. The van der Waals surface area contributed by atoms with Gasteiger partial charge >= 0.3 is 0 Å². The van der Waals surface area contributed by atoms with Crippen LogP contribution in [-0.2, 0) is 0 Å². The normalized spacial score (nSPS) is 11.7. The minimum absolute atomic E-state index is 0.260. The summed E-state index contributed by atoms with van der Waals surface area (Å²) in [4.78, 5) is 24.2. The highest BCUT2D eigenvalue weighted by atomic mass is 16.2. The highest BCUT2D eigenvalue weighted by molar-refractivity contribution is 6.03. The zero-order valence-corrected chi connectivity index (χ0v) is 16.8. The van der Waals surface area contributed by atoms with Crippen molar-refractivity contribution in [3.05, 3.63) is 107 Å². The predicted octanol–water partition coefficient (Wildman–Crippen LogP) is 3.99. The highest BCUT2D eigenvalue weighted by Gasteiger charge is 2.06. The van der Waals surface area contributed by atoms with Gasteiger partial charge in [-0.05, 0) is 49.2 Å². The van der Waals surface area contributed by atoms with Gasteiger partial charge in [0.25, 0.3) is 11.8 Å². The molecule has 3 aromatic carbocycles. The molecular weight excluding hydrogens is 376 g/mol. The van der Waals surface area contributed by atoms with Gasteiger partial charge < -0.3 is 0 Å². The molecule has 2 amide bonds. The number of carbonyl (C=O) groups is 2. The van der Waals surface area contributed by atoms with E-state index in [-0.39, 0.29) is 11.8 Å². The van der Waals surface area contributed by atoms with Crippen LogP contribution in [0, 0.1) is 0 Å². The summed E-state index contributed by atoms with van der Waals surface area (Å²) < 4.78 is 0. The average Bonchev–Trinajstić information content (AvgIpc) is 2.81. The summed E-state index contributed by atoms with van der Waals surface area (Å²) in [5.41, 5.74) is 9.32. The molecule has 0 bridgehead atoms. The zero-order chi connectivity index (χ0) is 21.3. The Morgan fingerprint density at radius 3 is 1.20 bits per heavy atom. The van der Waals surface area contributed by atoms with Crippen molar-refractivity contribution in [2.24, 2.45) is 10.2 Å². The van der Waals surface area contributed by atoms with Crippen molar-refractivity contribution in [2.45, 2.75) is 13.8 Å². The quantitative estimate of drug-likeness (QED) is 0.486. The summed E-state index contributed by atoms with van der Waals surface area (Å²) in [5.74, 6) is -0.521. The van der Waals surface area contributed by atoms with E-state index in [0.717, 1.165) is 11.1 Å². The Balaban J connectivity index is 1.62. The fraction of sp³-hybridized carbons (Fsp3) is 0.0833. The van der Waals surface area contributed by atoms with Crippen molar-refractivity contribution in [3.8, 4) is 0 Å². The van der Waals surface area contributed by atoms with E-state index < -0.39 is 0 Å². The minimum Gasteiger partial charge on any atom is -0.267 e. The number of amides is 2. The van der Waals surface area contributed by atoms with Gasteiger partial charge in [-0.1, -0.05) is 60.7 Å². The van der Waals surface area contributed by atoms with Crippen LogP contribution >= 0.6 is 0 Å². The van der Waals surface area contributed by atoms with Gasteiger partial charge in [0.15, 0.2) is 0 Å². The van der Waals surface area contributed by atoms with E-state index in [4.69, 9.17) is 0 Å². The minimum atomic E-state index is -0.260. The third-order valence-corrected chi connectivity index (χ3v) is 4.44. The Morgan fingerprint density at radius 2 is 0.867 bits per heavy atom. The second kappa shape index (κ2) is 9.93.